The second kappa shape index (κ2) is 7.24. The minimum absolute atomic E-state index is 0.0637. The second-order valence-electron chi connectivity index (χ2n) is 7.64. The van der Waals surface area contributed by atoms with Crippen molar-refractivity contribution in [3.8, 4) is 0 Å². The zero-order valence-electron chi connectivity index (χ0n) is 15.7. The van der Waals surface area contributed by atoms with Crippen molar-refractivity contribution in [3.63, 3.8) is 0 Å². The lowest BCUT2D eigenvalue weighted by molar-refractivity contribution is 0.0726. The molecule has 4 heterocycles. The van der Waals surface area contributed by atoms with E-state index >= 15 is 0 Å². The Bertz CT molecular complexity index is 939. The van der Waals surface area contributed by atoms with Crippen molar-refractivity contribution < 1.29 is 13.2 Å². The summed E-state index contributed by atoms with van der Waals surface area (Å²) in [6, 6.07) is 4.10. The fraction of sp³-hybridized carbons (Fsp3) is 0.579. The number of rotatable bonds is 3. The summed E-state index contributed by atoms with van der Waals surface area (Å²) in [5.74, 6) is 0.370. The Morgan fingerprint density at radius 2 is 1.81 bits per heavy atom. The van der Waals surface area contributed by atoms with Crippen molar-refractivity contribution in [2.45, 2.75) is 38.0 Å². The van der Waals surface area contributed by atoms with Gasteiger partial charge in [-0.3, -0.25) is 4.79 Å². The summed E-state index contributed by atoms with van der Waals surface area (Å²) in [5, 5.41) is 4.35. The molecule has 146 valence electrons. The van der Waals surface area contributed by atoms with Crippen LogP contribution in [0.5, 0.6) is 0 Å². The van der Waals surface area contributed by atoms with Crippen LogP contribution in [0.3, 0.4) is 0 Å². The van der Waals surface area contributed by atoms with Crippen LogP contribution in [0, 0.1) is 0 Å². The van der Waals surface area contributed by atoms with Crippen molar-refractivity contribution >= 4 is 21.4 Å². The second-order valence-corrected chi connectivity index (χ2v) is 9.62. The largest absolute Gasteiger partial charge is 0.339 e. The molecular formula is C19H26N4O3S. The number of hydrogen-bond donors (Lipinski definition) is 0. The van der Waals surface area contributed by atoms with E-state index in [-0.39, 0.29) is 5.91 Å². The first-order valence-electron chi connectivity index (χ1n) is 9.65. The summed E-state index contributed by atoms with van der Waals surface area (Å²) in [5.41, 5.74) is 2.66. The van der Waals surface area contributed by atoms with E-state index in [2.05, 4.69) is 11.2 Å². The molecule has 0 aromatic carbocycles. The number of aromatic nitrogens is 2. The smallest absolute Gasteiger partial charge is 0.257 e. The summed E-state index contributed by atoms with van der Waals surface area (Å²) < 4.78 is 26.7. The third-order valence-corrected chi connectivity index (χ3v) is 7.12. The van der Waals surface area contributed by atoms with E-state index in [0.717, 1.165) is 49.9 Å². The quantitative estimate of drug-likeness (QED) is 0.804. The Balaban J connectivity index is 1.56. The zero-order valence-corrected chi connectivity index (χ0v) is 16.5. The van der Waals surface area contributed by atoms with Crippen LogP contribution in [0.15, 0.2) is 24.5 Å². The molecule has 0 saturated carbocycles. The van der Waals surface area contributed by atoms with Crippen molar-refractivity contribution in [1.29, 1.82) is 0 Å². The van der Waals surface area contributed by atoms with E-state index in [1.165, 1.54) is 12.7 Å². The van der Waals surface area contributed by atoms with Crippen molar-refractivity contribution in [2.75, 3.05) is 32.4 Å². The minimum Gasteiger partial charge on any atom is -0.339 e. The average Bonchev–Trinajstić information content (AvgIpc) is 3.10. The topological polar surface area (TPSA) is 75.0 Å². The number of hydrogen-bond acceptors (Lipinski definition) is 4. The molecule has 0 aliphatic carbocycles. The predicted molar refractivity (Wildman–Crippen MR) is 103 cm³/mol. The van der Waals surface area contributed by atoms with Gasteiger partial charge in [0.15, 0.2) is 0 Å². The van der Waals surface area contributed by atoms with E-state index in [0.29, 0.717) is 24.6 Å². The maximum Gasteiger partial charge on any atom is 0.257 e. The van der Waals surface area contributed by atoms with Gasteiger partial charge in [-0.2, -0.15) is 5.10 Å². The first-order chi connectivity index (χ1) is 12.9. The van der Waals surface area contributed by atoms with Crippen LogP contribution in [0.4, 0.5) is 0 Å². The number of piperidine rings is 2. The normalized spacial score (nSPS) is 20.3. The highest BCUT2D eigenvalue weighted by atomic mass is 32.2. The Morgan fingerprint density at radius 1 is 1.11 bits per heavy atom. The lowest BCUT2D eigenvalue weighted by atomic mass is 9.90. The van der Waals surface area contributed by atoms with Gasteiger partial charge in [0.05, 0.1) is 23.5 Å². The van der Waals surface area contributed by atoms with E-state index in [1.54, 1.807) is 15.0 Å². The number of likely N-dealkylation sites (tertiary alicyclic amines) is 1. The number of nitrogens with zero attached hydrogens (tertiary/aromatic N) is 4. The number of pyridine rings is 1. The van der Waals surface area contributed by atoms with E-state index in [9.17, 15) is 13.2 Å². The molecule has 2 aliphatic rings. The first kappa shape index (κ1) is 18.4. The molecule has 4 rings (SSSR count). The van der Waals surface area contributed by atoms with Crippen LogP contribution in [0.25, 0.3) is 5.52 Å². The van der Waals surface area contributed by atoms with Gasteiger partial charge >= 0.3 is 0 Å². The highest BCUT2D eigenvalue weighted by Gasteiger charge is 2.27. The van der Waals surface area contributed by atoms with Crippen LogP contribution in [0.1, 0.15) is 53.9 Å². The molecule has 2 aromatic heterocycles. The fourth-order valence-corrected chi connectivity index (χ4v) is 5.08. The highest BCUT2D eigenvalue weighted by molar-refractivity contribution is 7.88. The van der Waals surface area contributed by atoms with E-state index < -0.39 is 10.0 Å². The molecule has 0 N–H and O–H groups in total. The molecule has 8 heteroatoms. The van der Waals surface area contributed by atoms with Gasteiger partial charge in [0.1, 0.15) is 0 Å². The summed E-state index contributed by atoms with van der Waals surface area (Å²) >= 11 is 0. The number of carbonyl (C=O) groups is 1. The lowest BCUT2D eigenvalue weighted by Crippen LogP contribution is -2.37. The highest BCUT2D eigenvalue weighted by Crippen LogP contribution is 2.30. The lowest BCUT2D eigenvalue weighted by Gasteiger charge is -2.30. The Hall–Kier alpha value is -1.93. The zero-order chi connectivity index (χ0) is 19.0. The number of fused-ring (bicyclic) bond motifs is 1. The monoisotopic (exact) mass is 390 g/mol. The van der Waals surface area contributed by atoms with Gasteiger partial charge in [0.2, 0.25) is 10.0 Å². The number of sulfonamides is 1. The van der Waals surface area contributed by atoms with Gasteiger partial charge in [0, 0.05) is 32.4 Å². The Kier molecular flexibility index (Phi) is 4.94. The molecular weight excluding hydrogens is 364 g/mol. The van der Waals surface area contributed by atoms with Gasteiger partial charge in [-0.05, 0) is 55.7 Å². The molecule has 2 aromatic rings. The van der Waals surface area contributed by atoms with Crippen LogP contribution >= 0.6 is 0 Å². The SMILES string of the molecule is CS(=O)(=O)N1CCC(c2ccn3ncc(C(=O)N4CCCCC4)c3c2)CC1. The molecule has 0 unspecified atom stereocenters. The van der Waals surface area contributed by atoms with E-state index in [1.807, 2.05) is 17.2 Å². The summed E-state index contributed by atoms with van der Waals surface area (Å²) in [7, 11) is -3.12. The maximum absolute atomic E-state index is 12.9. The molecule has 27 heavy (non-hydrogen) atoms. The molecule has 2 aliphatic heterocycles. The Labute approximate surface area is 160 Å². The van der Waals surface area contributed by atoms with Crippen LogP contribution < -0.4 is 0 Å². The molecule has 1 amide bonds. The van der Waals surface area contributed by atoms with Crippen molar-refractivity contribution in [2.24, 2.45) is 0 Å². The number of carbonyl (C=O) groups excluding carboxylic acids is 1. The molecule has 0 atom stereocenters. The molecule has 7 nitrogen and oxygen atoms in total. The molecule has 0 radical (unpaired) electrons. The van der Waals surface area contributed by atoms with Gasteiger partial charge in [-0.1, -0.05) is 0 Å². The summed E-state index contributed by atoms with van der Waals surface area (Å²) in [6.07, 6.45) is 9.76. The standard InChI is InChI=1S/C19H26N4O3S/c1-27(25,26)22-10-5-15(6-11-22)16-7-12-23-18(13-16)17(14-20-23)19(24)21-8-3-2-4-9-21/h7,12-15H,2-6,8-11H2,1H3. The van der Waals surface area contributed by atoms with Gasteiger partial charge < -0.3 is 4.90 Å². The van der Waals surface area contributed by atoms with Crippen LogP contribution in [-0.4, -0.2) is 65.6 Å². The Morgan fingerprint density at radius 3 is 2.48 bits per heavy atom. The molecule has 0 bridgehead atoms. The predicted octanol–water partition coefficient (Wildman–Crippen LogP) is 2.10. The average molecular weight is 391 g/mol. The molecule has 2 fully saturated rings. The van der Waals surface area contributed by atoms with Gasteiger partial charge in [-0.15, -0.1) is 0 Å². The van der Waals surface area contributed by atoms with Crippen molar-refractivity contribution in [1.82, 2.24) is 18.8 Å². The molecule has 0 spiro atoms. The van der Waals surface area contributed by atoms with E-state index in [4.69, 9.17) is 0 Å². The summed E-state index contributed by atoms with van der Waals surface area (Å²) in [4.78, 5) is 14.8. The van der Waals surface area contributed by atoms with Gasteiger partial charge in [0.25, 0.3) is 5.91 Å². The fourth-order valence-electron chi connectivity index (χ4n) is 4.20. The first-order valence-corrected chi connectivity index (χ1v) is 11.5. The third-order valence-electron chi connectivity index (χ3n) is 5.81. The van der Waals surface area contributed by atoms with Crippen LogP contribution in [0.2, 0.25) is 0 Å². The summed E-state index contributed by atoms with van der Waals surface area (Å²) in [6.45, 7) is 2.74. The van der Waals surface area contributed by atoms with Gasteiger partial charge in [-0.25, -0.2) is 17.2 Å². The van der Waals surface area contributed by atoms with Crippen molar-refractivity contribution in [3.05, 3.63) is 35.7 Å². The number of amides is 1. The van der Waals surface area contributed by atoms with Crippen LogP contribution in [-0.2, 0) is 10.0 Å². The molecule has 2 saturated heterocycles. The third kappa shape index (κ3) is 3.73. The minimum atomic E-state index is -3.12. The maximum atomic E-state index is 12.9.